The molecule has 18 heavy (non-hydrogen) atoms. The molecule has 2 aromatic rings. The van der Waals surface area contributed by atoms with Gasteiger partial charge >= 0.3 is 0 Å². The van der Waals surface area contributed by atoms with Crippen LogP contribution < -0.4 is 5.73 Å². The van der Waals surface area contributed by atoms with Gasteiger partial charge in [-0.05, 0) is 35.9 Å². The summed E-state index contributed by atoms with van der Waals surface area (Å²) in [6, 6.07) is 11.2. The molecule has 0 atom stereocenters. The lowest BCUT2D eigenvalue weighted by atomic mass is 10.0. The molecule has 1 heterocycles. The minimum atomic E-state index is -0.341. The van der Waals surface area contributed by atoms with Gasteiger partial charge in [0.25, 0.3) is 0 Å². The van der Waals surface area contributed by atoms with Crippen LogP contribution in [0.3, 0.4) is 0 Å². The fourth-order valence-electron chi connectivity index (χ4n) is 1.56. The molecule has 0 amide bonds. The first-order valence-corrected chi connectivity index (χ1v) is 5.28. The molecule has 1 aromatic heterocycles. The average Bonchev–Trinajstić information content (AvgIpc) is 2.41. The molecule has 3 nitrogen and oxygen atoms in total. The smallest absolute Gasteiger partial charge is 0.123 e. The third-order valence-corrected chi connectivity index (χ3v) is 2.49. The molecule has 2 N–H and O–H groups in total. The van der Waals surface area contributed by atoms with E-state index in [0.717, 1.165) is 0 Å². The maximum atomic E-state index is 12.8. The van der Waals surface area contributed by atoms with Crippen molar-refractivity contribution in [2.75, 3.05) is 0 Å². The van der Waals surface area contributed by atoms with Crippen molar-refractivity contribution in [1.82, 2.24) is 4.98 Å². The van der Waals surface area contributed by atoms with E-state index in [4.69, 9.17) is 5.73 Å². The van der Waals surface area contributed by atoms with Crippen LogP contribution in [-0.2, 0) is 0 Å². The Kier molecular flexibility index (Phi) is 3.35. The third kappa shape index (κ3) is 2.36. The summed E-state index contributed by atoms with van der Waals surface area (Å²) in [4.78, 5) is 3.94. The Labute approximate surface area is 104 Å². The number of nitrogens with zero attached hydrogens (tertiary/aromatic N) is 2. The van der Waals surface area contributed by atoms with Crippen LogP contribution in [0.4, 0.5) is 4.39 Å². The molecule has 0 radical (unpaired) electrons. The monoisotopic (exact) mass is 239 g/mol. The minimum Gasteiger partial charge on any atom is -0.397 e. The van der Waals surface area contributed by atoms with E-state index in [-0.39, 0.29) is 5.82 Å². The number of halogens is 1. The van der Waals surface area contributed by atoms with Crippen LogP contribution >= 0.6 is 0 Å². The van der Waals surface area contributed by atoms with E-state index in [9.17, 15) is 9.65 Å². The standard InChI is InChI=1S/C14H10FN3/c15-12-5-3-10(4-6-12)14(17)13(8-16)11-2-1-7-18-9-11/h1-7,9H,17H2/b14-13-. The zero-order valence-electron chi connectivity index (χ0n) is 9.47. The van der Waals surface area contributed by atoms with Gasteiger partial charge in [0.1, 0.15) is 11.9 Å². The number of nitrogens with two attached hydrogens (primary N) is 1. The van der Waals surface area contributed by atoms with Crippen molar-refractivity contribution in [3.05, 3.63) is 65.7 Å². The van der Waals surface area contributed by atoms with Gasteiger partial charge in [0.15, 0.2) is 0 Å². The van der Waals surface area contributed by atoms with Gasteiger partial charge < -0.3 is 5.73 Å². The van der Waals surface area contributed by atoms with Crippen molar-refractivity contribution in [3.8, 4) is 6.07 Å². The Morgan fingerprint density at radius 3 is 2.44 bits per heavy atom. The highest BCUT2D eigenvalue weighted by atomic mass is 19.1. The van der Waals surface area contributed by atoms with Crippen LogP contribution in [-0.4, -0.2) is 4.98 Å². The predicted molar refractivity (Wildman–Crippen MR) is 67.3 cm³/mol. The van der Waals surface area contributed by atoms with Crippen LogP contribution in [0.1, 0.15) is 11.1 Å². The van der Waals surface area contributed by atoms with Crippen LogP contribution in [0.2, 0.25) is 0 Å². The molecule has 0 bridgehead atoms. The molecule has 0 aliphatic heterocycles. The van der Waals surface area contributed by atoms with Crippen LogP contribution in [0.5, 0.6) is 0 Å². The normalized spacial score (nSPS) is 11.6. The first kappa shape index (κ1) is 11.8. The zero-order valence-corrected chi connectivity index (χ0v) is 9.47. The molecule has 88 valence electrons. The summed E-state index contributed by atoms with van der Waals surface area (Å²) in [5.74, 6) is -0.341. The average molecular weight is 239 g/mol. The van der Waals surface area contributed by atoms with Crippen molar-refractivity contribution >= 4 is 11.3 Å². The number of hydrogen-bond donors (Lipinski definition) is 1. The number of nitriles is 1. The van der Waals surface area contributed by atoms with Gasteiger partial charge in [-0.1, -0.05) is 6.07 Å². The van der Waals surface area contributed by atoms with E-state index in [1.54, 1.807) is 36.7 Å². The maximum absolute atomic E-state index is 12.8. The van der Waals surface area contributed by atoms with Crippen molar-refractivity contribution < 1.29 is 4.39 Å². The van der Waals surface area contributed by atoms with E-state index in [2.05, 4.69) is 11.1 Å². The minimum absolute atomic E-state index is 0.311. The van der Waals surface area contributed by atoms with E-state index in [1.165, 1.54) is 12.1 Å². The molecule has 0 aliphatic rings. The predicted octanol–water partition coefficient (Wildman–Crippen LogP) is 2.57. The number of pyridine rings is 1. The molecular weight excluding hydrogens is 229 g/mol. The van der Waals surface area contributed by atoms with Crippen molar-refractivity contribution in [2.45, 2.75) is 0 Å². The second-order valence-electron chi connectivity index (χ2n) is 3.65. The second-order valence-corrected chi connectivity index (χ2v) is 3.65. The van der Waals surface area contributed by atoms with Crippen LogP contribution in [0, 0.1) is 17.1 Å². The SMILES string of the molecule is N#C/C(=C(/N)c1ccc(F)cc1)c1cccnc1. The second kappa shape index (κ2) is 5.11. The summed E-state index contributed by atoms with van der Waals surface area (Å²) in [6.07, 6.45) is 3.18. The highest BCUT2D eigenvalue weighted by Crippen LogP contribution is 2.21. The van der Waals surface area contributed by atoms with Gasteiger partial charge in [0, 0.05) is 18.0 Å². The summed E-state index contributed by atoms with van der Waals surface area (Å²) in [7, 11) is 0. The molecule has 0 saturated carbocycles. The largest absolute Gasteiger partial charge is 0.397 e. The Balaban J connectivity index is 2.51. The Morgan fingerprint density at radius 1 is 1.17 bits per heavy atom. The van der Waals surface area contributed by atoms with Crippen molar-refractivity contribution in [2.24, 2.45) is 5.73 Å². The number of hydrogen-bond acceptors (Lipinski definition) is 3. The van der Waals surface area contributed by atoms with Gasteiger partial charge in [-0.2, -0.15) is 5.26 Å². The fourth-order valence-corrected chi connectivity index (χ4v) is 1.56. The topological polar surface area (TPSA) is 62.7 Å². The quantitative estimate of drug-likeness (QED) is 0.819. The zero-order chi connectivity index (χ0) is 13.0. The highest BCUT2D eigenvalue weighted by Gasteiger charge is 2.08. The molecule has 4 heteroatoms. The Bertz CT molecular complexity index is 610. The number of benzene rings is 1. The van der Waals surface area contributed by atoms with E-state index in [0.29, 0.717) is 22.4 Å². The molecule has 2 rings (SSSR count). The summed E-state index contributed by atoms with van der Waals surface area (Å²) in [5, 5.41) is 9.18. The summed E-state index contributed by atoms with van der Waals surface area (Å²) in [6.45, 7) is 0. The molecule has 0 unspecified atom stereocenters. The molecule has 0 fully saturated rings. The molecule has 0 spiro atoms. The number of allylic oxidation sites excluding steroid dienone is 1. The molecule has 0 saturated heterocycles. The fraction of sp³-hybridized carbons (Fsp3) is 0. The van der Waals surface area contributed by atoms with Gasteiger partial charge in [-0.15, -0.1) is 0 Å². The first-order chi connectivity index (χ1) is 8.72. The van der Waals surface area contributed by atoms with E-state index >= 15 is 0 Å². The van der Waals surface area contributed by atoms with Gasteiger partial charge in [0.05, 0.1) is 11.3 Å². The highest BCUT2D eigenvalue weighted by molar-refractivity contribution is 5.95. The van der Waals surface area contributed by atoms with Gasteiger partial charge in [-0.25, -0.2) is 4.39 Å². The third-order valence-electron chi connectivity index (χ3n) is 2.49. The number of aromatic nitrogens is 1. The van der Waals surface area contributed by atoms with Gasteiger partial charge in [-0.3, -0.25) is 4.98 Å². The van der Waals surface area contributed by atoms with Crippen molar-refractivity contribution in [3.63, 3.8) is 0 Å². The lowest BCUT2D eigenvalue weighted by molar-refractivity contribution is 0.627. The maximum Gasteiger partial charge on any atom is 0.123 e. The van der Waals surface area contributed by atoms with E-state index < -0.39 is 0 Å². The summed E-state index contributed by atoms with van der Waals surface area (Å²) in [5.41, 5.74) is 7.83. The molecular formula is C14H10FN3. The summed E-state index contributed by atoms with van der Waals surface area (Å²) < 4.78 is 12.8. The number of rotatable bonds is 2. The van der Waals surface area contributed by atoms with Crippen LogP contribution in [0.15, 0.2) is 48.8 Å². The molecule has 0 aliphatic carbocycles. The molecule has 1 aromatic carbocycles. The van der Waals surface area contributed by atoms with Gasteiger partial charge in [0.2, 0.25) is 0 Å². The first-order valence-electron chi connectivity index (χ1n) is 5.28. The van der Waals surface area contributed by atoms with Crippen molar-refractivity contribution in [1.29, 1.82) is 5.26 Å². The Hall–Kier alpha value is -2.67. The van der Waals surface area contributed by atoms with Crippen LogP contribution in [0.25, 0.3) is 11.3 Å². The summed E-state index contributed by atoms with van der Waals surface area (Å²) >= 11 is 0. The van der Waals surface area contributed by atoms with E-state index in [1.807, 2.05) is 0 Å². The lowest BCUT2D eigenvalue weighted by Gasteiger charge is -2.05. The lowest BCUT2D eigenvalue weighted by Crippen LogP contribution is -2.01. The Morgan fingerprint density at radius 2 is 1.89 bits per heavy atom.